The molecule has 1 aliphatic heterocycles. The Kier molecular flexibility index (Phi) is 4.97. The highest BCUT2D eigenvalue weighted by Crippen LogP contribution is 2.21. The Bertz CT molecular complexity index is 553. The first-order valence-electron chi connectivity index (χ1n) is 7.36. The van der Waals surface area contributed by atoms with Crippen molar-refractivity contribution in [2.75, 3.05) is 24.5 Å². The first-order valence-corrected chi connectivity index (χ1v) is 7.36. The number of carbonyl (C=O) groups excluding carboxylic acids is 1. The van der Waals surface area contributed by atoms with Gasteiger partial charge in [0, 0.05) is 19.3 Å². The summed E-state index contributed by atoms with van der Waals surface area (Å²) in [4.78, 5) is 29.5. The molecule has 7 heteroatoms. The topological polar surface area (TPSA) is 103 Å². The van der Waals surface area contributed by atoms with Gasteiger partial charge < -0.3 is 20.4 Å². The minimum absolute atomic E-state index is 0.366. The van der Waals surface area contributed by atoms with Gasteiger partial charge >= 0.3 is 5.97 Å². The summed E-state index contributed by atoms with van der Waals surface area (Å²) in [6.45, 7) is 2.48. The van der Waals surface area contributed by atoms with E-state index in [9.17, 15) is 14.7 Å². The van der Waals surface area contributed by atoms with Gasteiger partial charge in [0.25, 0.3) is 5.91 Å². The highest BCUT2D eigenvalue weighted by atomic mass is 16.4. The molecule has 0 saturated carbocycles. The smallest absolute Gasteiger partial charge is 0.337 e. The zero-order valence-electron chi connectivity index (χ0n) is 12.6. The van der Waals surface area contributed by atoms with Crippen LogP contribution >= 0.6 is 0 Å². The summed E-state index contributed by atoms with van der Waals surface area (Å²) in [6, 6.07) is 3.32. The van der Waals surface area contributed by atoms with Gasteiger partial charge in [-0.1, -0.05) is 0 Å². The molecule has 0 aliphatic carbocycles. The fourth-order valence-corrected chi connectivity index (χ4v) is 2.36. The van der Waals surface area contributed by atoms with Crippen molar-refractivity contribution in [3.63, 3.8) is 0 Å². The predicted octanol–water partition coefficient (Wildman–Crippen LogP) is 0.637. The van der Waals surface area contributed by atoms with Gasteiger partial charge in [0.1, 0.15) is 5.82 Å². The first kappa shape index (κ1) is 16.2. The minimum atomic E-state index is -2.00. The molecule has 0 radical (unpaired) electrons. The molecular weight excluding hydrogens is 286 g/mol. The Morgan fingerprint density at radius 2 is 2.05 bits per heavy atom. The number of carboxylic acids is 1. The number of aromatic nitrogens is 1. The summed E-state index contributed by atoms with van der Waals surface area (Å²) in [5.74, 6) is -1.21. The van der Waals surface area contributed by atoms with Crippen molar-refractivity contribution >= 4 is 17.7 Å². The third kappa shape index (κ3) is 3.73. The van der Waals surface area contributed by atoms with E-state index in [-0.39, 0.29) is 6.54 Å². The summed E-state index contributed by atoms with van der Waals surface area (Å²) in [5, 5.41) is 21.0. The zero-order chi connectivity index (χ0) is 16.2. The second-order valence-electron chi connectivity index (χ2n) is 5.68. The van der Waals surface area contributed by atoms with E-state index in [0.29, 0.717) is 11.4 Å². The highest BCUT2D eigenvalue weighted by molar-refractivity contribution is 5.99. The van der Waals surface area contributed by atoms with Crippen LogP contribution in [0.4, 0.5) is 5.82 Å². The van der Waals surface area contributed by atoms with Gasteiger partial charge in [-0.25, -0.2) is 9.78 Å². The molecule has 3 N–H and O–H groups in total. The summed E-state index contributed by atoms with van der Waals surface area (Å²) in [7, 11) is 0. The van der Waals surface area contributed by atoms with E-state index in [1.165, 1.54) is 6.42 Å². The standard InChI is InChI=1S/C15H21N3O4/c1-15(22,14(20)21)10-17-13(19)11-6-5-7-16-12(11)18-8-3-2-4-9-18/h5-7,22H,2-4,8-10H2,1H3,(H,17,19)(H,20,21). The number of hydrogen-bond acceptors (Lipinski definition) is 5. The molecule has 2 heterocycles. The highest BCUT2D eigenvalue weighted by Gasteiger charge is 2.31. The number of carbonyl (C=O) groups is 2. The molecule has 0 aromatic carbocycles. The lowest BCUT2D eigenvalue weighted by atomic mass is 10.1. The second-order valence-corrected chi connectivity index (χ2v) is 5.68. The quantitative estimate of drug-likeness (QED) is 0.737. The molecule has 0 spiro atoms. The van der Waals surface area contributed by atoms with Gasteiger partial charge in [0.2, 0.25) is 0 Å². The van der Waals surface area contributed by atoms with E-state index >= 15 is 0 Å². The molecule has 1 aromatic heterocycles. The fourth-order valence-electron chi connectivity index (χ4n) is 2.36. The first-order chi connectivity index (χ1) is 10.4. The molecule has 7 nitrogen and oxygen atoms in total. The van der Waals surface area contributed by atoms with Gasteiger partial charge in [-0.2, -0.15) is 0 Å². The Labute approximate surface area is 129 Å². The number of aliphatic hydroxyl groups is 1. The second kappa shape index (κ2) is 6.74. The number of carboxylic acid groups (broad SMARTS) is 1. The molecule has 1 atom stereocenters. The molecule has 1 saturated heterocycles. The fraction of sp³-hybridized carbons (Fsp3) is 0.533. The van der Waals surface area contributed by atoms with E-state index in [1.807, 2.05) is 0 Å². The summed E-state index contributed by atoms with van der Waals surface area (Å²) in [6.07, 6.45) is 4.93. The van der Waals surface area contributed by atoms with Crippen molar-refractivity contribution in [3.8, 4) is 0 Å². The van der Waals surface area contributed by atoms with Crippen LogP contribution in [0.3, 0.4) is 0 Å². The third-order valence-corrected chi connectivity index (χ3v) is 3.74. The van der Waals surface area contributed by atoms with Crippen LogP contribution in [0, 0.1) is 0 Å². The van der Waals surface area contributed by atoms with Crippen LogP contribution in [-0.2, 0) is 4.79 Å². The van der Waals surface area contributed by atoms with E-state index in [2.05, 4.69) is 15.2 Å². The Balaban J connectivity index is 2.11. The van der Waals surface area contributed by atoms with Crippen LogP contribution in [0.5, 0.6) is 0 Å². The van der Waals surface area contributed by atoms with Gasteiger partial charge in [0.15, 0.2) is 5.60 Å². The van der Waals surface area contributed by atoms with Crippen LogP contribution in [0.15, 0.2) is 18.3 Å². The molecular formula is C15H21N3O4. The maximum atomic E-state index is 12.3. The molecule has 22 heavy (non-hydrogen) atoms. The molecule has 0 bridgehead atoms. The maximum Gasteiger partial charge on any atom is 0.337 e. The molecule has 1 aliphatic rings. The van der Waals surface area contributed by atoms with Crippen molar-refractivity contribution in [1.29, 1.82) is 0 Å². The van der Waals surface area contributed by atoms with Crippen LogP contribution in [0.1, 0.15) is 36.5 Å². The molecule has 1 aromatic rings. The lowest BCUT2D eigenvalue weighted by molar-refractivity contribution is -0.155. The molecule has 1 unspecified atom stereocenters. The Hall–Kier alpha value is -2.15. The molecule has 1 fully saturated rings. The maximum absolute atomic E-state index is 12.3. The van der Waals surface area contributed by atoms with E-state index in [1.54, 1.807) is 18.3 Å². The number of rotatable bonds is 5. The van der Waals surface area contributed by atoms with E-state index < -0.39 is 17.5 Å². The summed E-state index contributed by atoms with van der Waals surface area (Å²) < 4.78 is 0. The number of nitrogens with zero attached hydrogens (tertiary/aromatic N) is 2. The van der Waals surface area contributed by atoms with Crippen molar-refractivity contribution in [2.24, 2.45) is 0 Å². The lowest BCUT2D eigenvalue weighted by Gasteiger charge is -2.29. The largest absolute Gasteiger partial charge is 0.479 e. The van der Waals surface area contributed by atoms with Gasteiger partial charge in [-0.15, -0.1) is 0 Å². The monoisotopic (exact) mass is 307 g/mol. The zero-order valence-corrected chi connectivity index (χ0v) is 12.6. The number of nitrogens with one attached hydrogen (secondary N) is 1. The normalized spacial score (nSPS) is 17.6. The minimum Gasteiger partial charge on any atom is -0.479 e. The summed E-state index contributed by atoms with van der Waals surface area (Å²) in [5.41, 5.74) is -1.60. The van der Waals surface area contributed by atoms with Crippen LogP contribution < -0.4 is 10.2 Å². The van der Waals surface area contributed by atoms with Crippen LogP contribution in [-0.4, -0.2) is 52.3 Å². The van der Waals surface area contributed by atoms with Crippen LogP contribution in [0.2, 0.25) is 0 Å². The summed E-state index contributed by atoms with van der Waals surface area (Å²) >= 11 is 0. The van der Waals surface area contributed by atoms with Crippen molar-refractivity contribution in [3.05, 3.63) is 23.9 Å². The molecule has 2 rings (SSSR count). The predicted molar refractivity (Wildman–Crippen MR) is 80.9 cm³/mol. The van der Waals surface area contributed by atoms with Crippen molar-refractivity contribution < 1.29 is 19.8 Å². The van der Waals surface area contributed by atoms with Gasteiger partial charge in [-0.05, 0) is 38.3 Å². The van der Waals surface area contributed by atoms with E-state index in [0.717, 1.165) is 32.9 Å². The van der Waals surface area contributed by atoms with E-state index in [4.69, 9.17) is 5.11 Å². The number of aliphatic carboxylic acids is 1. The number of anilines is 1. The van der Waals surface area contributed by atoms with Crippen molar-refractivity contribution in [2.45, 2.75) is 31.8 Å². The third-order valence-electron chi connectivity index (χ3n) is 3.74. The number of piperidine rings is 1. The van der Waals surface area contributed by atoms with Gasteiger partial charge in [-0.3, -0.25) is 4.79 Å². The van der Waals surface area contributed by atoms with Crippen molar-refractivity contribution in [1.82, 2.24) is 10.3 Å². The average Bonchev–Trinajstić information content (AvgIpc) is 2.53. The van der Waals surface area contributed by atoms with Crippen LogP contribution in [0.25, 0.3) is 0 Å². The number of hydrogen-bond donors (Lipinski definition) is 3. The SMILES string of the molecule is CC(O)(CNC(=O)c1cccnc1N1CCCCC1)C(=O)O. The Morgan fingerprint density at radius 1 is 1.36 bits per heavy atom. The van der Waals surface area contributed by atoms with Gasteiger partial charge in [0.05, 0.1) is 12.1 Å². The number of amides is 1. The molecule has 1 amide bonds. The molecule has 120 valence electrons. The lowest BCUT2D eigenvalue weighted by Crippen LogP contribution is -2.46. The Morgan fingerprint density at radius 3 is 2.68 bits per heavy atom. The average molecular weight is 307 g/mol. The number of pyridine rings is 1.